The molecule has 16 heavy (non-hydrogen) atoms. The second-order valence-electron chi connectivity index (χ2n) is 2.90. The van der Waals surface area contributed by atoms with Crippen molar-refractivity contribution >= 4 is 33.6 Å². The van der Waals surface area contributed by atoms with Gasteiger partial charge in [-0.15, -0.1) is 11.8 Å². The quantitative estimate of drug-likeness (QED) is 0.669. The Bertz CT molecular complexity index is 362. The number of halogens is 3. The maximum atomic E-state index is 11.8. The van der Waals surface area contributed by atoms with Gasteiger partial charge in [0.15, 0.2) is 0 Å². The molecule has 0 spiro atoms. The minimum atomic E-state index is -2.93. The SMILES string of the molecule is O=C(NCCSc1cccc(Br)c1)C(F)F. The minimum absolute atomic E-state index is 0.236. The van der Waals surface area contributed by atoms with Crippen molar-refractivity contribution in [1.82, 2.24) is 5.32 Å². The van der Waals surface area contributed by atoms with Crippen molar-refractivity contribution in [2.75, 3.05) is 12.3 Å². The number of hydrogen-bond donors (Lipinski definition) is 1. The van der Waals surface area contributed by atoms with Gasteiger partial charge in [-0.2, -0.15) is 8.78 Å². The van der Waals surface area contributed by atoms with Gasteiger partial charge in [0.25, 0.3) is 5.91 Å². The topological polar surface area (TPSA) is 29.1 Å². The lowest BCUT2D eigenvalue weighted by Gasteiger charge is -2.04. The fourth-order valence-electron chi connectivity index (χ4n) is 0.977. The molecule has 0 bridgehead atoms. The molecule has 0 aromatic heterocycles. The smallest absolute Gasteiger partial charge is 0.315 e. The van der Waals surface area contributed by atoms with Crippen LogP contribution in [0.15, 0.2) is 33.6 Å². The molecule has 1 aromatic carbocycles. The predicted molar refractivity (Wildman–Crippen MR) is 63.9 cm³/mol. The fourth-order valence-corrected chi connectivity index (χ4v) is 2.35. The number of hydrogen-bond acceptors (Lipinski definition) is 2. The summed E-state index contributed by atoms with van der Waals surface area (Å²) in [6.07, 6.45) is -2.93. The van der Waals surface area contributed by atoms with E-state index in [1.54, 1.807) is 0 Å². The molecule has 0 radical (unpaired) electrons. The lowest BCUT2D eigenvalue weighted by Crippen LogP contribution is -2.31. The maximum Gasteiger partial charge on any atom is 0.315 e. The van der Waals surface area contributed by atoms with Gasteiger partial charge in [-0.05, 0) is 18.2 Å². The van der Waals surface area contributed by atoms with E-state index in [9.17, 15) is 13.6 Å². The van der Waals surface area contributed by atoms with Crippen LogP contribution in [0.2, 0.25) is 0 Å². The van der Waals surface area contributed by atoms with Crippen LogP contribution in [0.4, 0.5) is 8.78 Å². The lowest BCUT2D eigenvalue weighted by atomic mass is 10.4. The summed E-state index contributed by atoms with van der Waals surface area (Å²) in [6.45, 7) is 0.236. The highest BCUT2D eigenvalue weighted by molar-refractivity contribution is 9.10. The molecular weight excluding hydrogens is 300 g/mol. The summed E-state index contributed by atoms with van der Waals surface area (Å²) >= 11 is 4.83. The molecule has 1 N–H and O–H groups in total. The maximum absolute atomic E-state index is 11.8. The Morgan fingerprint density at radius 1 is 1.50 bits per heavy atom. The molecule has 0 heterocycles. The Morgan fingerprint density at radius 3 is 2.88 bits per heavy atom. The first-order valence-corrected chi connectivity index (χ1v) is 6.31. The largest absolute Gasteiger partial charge is 0.350 e. The number of rotatable bonds is 5. The molecule has 6 heteroatoms. The van der Waals surface area contributed by atoms with Crippen LogP contribution in [-0.4, -0.2) is 24.6 Å². The minimum Gasteiger partial charge on any atom is -0.350 e. The zero-order chi connectivity index (χ0) is 12.0. The van der Waals surface area contributed by atoms with Gasteiger partial charge >= 0.3 is 6.43 Å². The molecular formula is C10H10BrF2NOS. The van der Waals surface area contributed by atoms with Gasteiger partial charge in [0.2, 0.25) is 0 Å². The average Bonchev–Trinajstić information content (AvgIpc) is 2.24. The standard InChI is InChI=1S/C10H10BrF2NOS/c11-7-2-1-3-8(6-7)16-5-4-14-10(15)9(12)13/h1-3,6,9H,4-5H2,(H,14,15). The fraction of sp³-hybridized carbons (Fsp3) is 0.300. The van der Waals surface area contributed by atoms with E-state index in [-0.39, 0.29) is 6.54 Å². The third-order valence-corrected chi connectivity index (χ3v) is 3.15. The first kappa shape index (κ1) is 13.4. The van der Waals surface area contributed by atoms with Gasteiger partial charge in [-0.3, -0.25) is 4.79 Å². The Balaban J connectivity index is 2.23. The molecule has 0 aliphatic rings. The van der Waals surface area contributed by atoms with Gasteiger partial charge in [0.1, 0.15) is 0 Å². The number of alkyl halides is 2. The molecule has 0 atom stereocenters. The second kappa shape index (κ2) is 6.85. The molecule has 0 unspecified atom stereocenters. The highest BCUT2D eigenvalue weighted by Gasteiger charge is 2.13. The molecule has 1 aromatic rings. The Hall–Kier alpha value is -0.620. The van der Waals surface area contributed by atoms with Gasteiger partial charge in [-0.25, -0.2) is 0 Å². The average molecular weight is 310 g/mol. The van der Waals surface area contributed by atoms with E-state index in [1.165, 1.54) is 11.8 Å². The van der Waals surface area contributed by atoms with Crippen molar-refractivity contribution in [2.24, 2.45) is 0 Å². The van der Waals surface area contributed by atoms with Gasteiger partial charge in [0, 0.05) is 21.7 Å². The Kier molecular flexibility index (Phi) is 5.76. The van der Waals surface area contributed by atoms with Gasteiger partial charge in [-0.1, -0.05) is 22.0 Å². The molecule has 0 aliphatic heterocycles. The monoisotopic (exact) mass is 309 g/mol. The summed E-state index contributed by atoms with van der Waals surface area (Å²) in [7, 11) is 0. The van der Waals surface area contributed by atoms with Crippen molar-refractivity contribution in [1.29, 1.82) is 0 Å². The molecule has 88 valence electrons. The zero-order valence-electron chi connectivity index (χ0n) is 8.25. The van der Waals surface area contributed by atoms with Gasteiger partial charge in [0.05, 0.1) is 0 Å². The van der Waals surface area contributed by atoms with Crippen LogP contribution in [0, 0.1) is 0 Å². The van der Waals surface area contributed by atoms with E-state index >= 15 is 0 Å². The molecule has 0 saturated heterocycles. The first-order chi connectivity index (χ1) is 7.59. The van der Waals surface area contributed by atoms with Crippen molar-refractivity contribution < 1.29 is 13.6 Å². The first-order valence-electron chi connectivity index (χ1n) is 4.54. The van der Waals surface area contributed by atoms with E-state index in [0.29, 0.717) is 5.75 Å². The third-order valence-electron chi connectivity index (χ3n) is 1.66. The van der Waals surface area contributed by atoms with Crippen LogP contribution in [0.25, 0.3) is 0 Å². The van der Waals surface area contributed by atoms with Crippen LogP contribution in [0.3, 0.4) is 0 Å². The highest BCUT2D eigenvalue weighted by Crippen LogP contribution is 2.21. The van der Waals surface area contributed by atoms with E-state index in [1.807, 2.05) is 24.3 Å². The molecule has 0 fully saturated rings. The number of thioether (sulfide) groups is 1. The number of carbonyl (C=O) groups excluding carboxylic acids is 1. The Morgan fingerprint density at radius 2 is 2.25 bits per heavy atom. The van der Waals surface area contributed by atoms with Crippen molar-refractivity contribution in [2.45, 2.75) is 11.3 Å². The molecule has 0 saturated carbocycles. The summed E-state index contributed by atoms with van der Waals surface area (Å²) in [5.74, 6) is -0.649. The van der Waals surface area contributed by atoms with E-state index in [0.717, 1.165) is 9.37 Å². The second-order valence-corrected chi connectivity index (χ2v) is 4.98. The highest BCUT2D eigenvalue weighted by atomic mass is 79.9. The number of amides is 1. The molecule has 0 aliphatic carbocycles. The molecule has 1 rings (SSSR count). The van der Waals surface area contributed by atoms with Crippen LogP contribution in [0.5, 0.6) is 0 Å². The van der Waals surface area contributed by atoms with Crippen LogP contribution in [0.1, 0.15) is 0 Å². The molecule has 2 nitrogen and oxygen atoms in total. The number of nitrogens with one attached hydrogen (secondary N) is 1. The normalized spacial score (nSPS) is 10.5. The number of carbonyl (C=O) groups is 1. The van der Waals surface area contributed by atoms with Crippen LogP contribution < -0.4 is 5.32 Å². The van der Waals surface area contributed by atoms with E-state index < -0.39 is 12.3 Å². The number of benzene rings is 1. The summed E-state index contributed by atoms with van der Waals surface area (Å²) in [4.78, 5) is 11.6. The summed E-state index contributed by atoms with van der Waals surface area (Å²) in [5, 5.41) is 2.15. The van der Waals surface area contributed by atoms with Crippen LogP contribution in [-0.2, 0) is 4.79 Å². The van der Waals surface area contributed by atoms with E-state index in [2.05, 4.69) is 21.2 Å². The predicted octanol–water partition coefficient (Wildman–Crippen LogP) is 2.92. The summed E-state index contributed by atoms with van der Waals surface area (Å²) in [5.41, 5.74) is 0. The van der Waals surface area contributed by atoms with Gasteiger partial charge < -0.3 is 5.32 Å². The third kappa shape index (κ3) is 4.94. The summed E-state index contributed by atoms with van der Waals surface area (Å²) in [6, 6.07) is 7.65. The Labute approximate surface area is 105 Å². The van der Waals surface area contributed by atoms with E-state index in [4.69, 9.17) is 0 Å². The van der Waals surface area contributed by atoms with Crippen molar-refractivity contribution in [3.8, 4) is 0 Å². The summed E-state index contributed by atoms with van der Waals surface area (Å²) < 4.78 is 24.6. The lowest BCUT2D eigenvalue weighted by molar-refractivity contribution is -0.131. The molecule has 1 amide bonds. The van der Waals surface area contributed by atoms with Crippen molar-refractivity contribution in [3.05, 3.63) is 28.7 Å². The van der Waals surface area contributed by atoms with Crippen molar-refractivity contribution in [3.63, 3.8) is 0 Å². The van der Waals surface area contributed by atoms with Crippen LogP contribution >= 0.6 is 27.7 Å². The zero-order valence-corrected chi connectivity index (χ0v) is 10.7.